The number of rotatable bonds is 6. The van der Waals surface area contributed by atoms with Crippen molar-refractivity contribution < 1.29 is 23.8 Å². The Morgan fingerprint density at radius 1 is 1.11 bits per heavy atom. The van der Waals surface area contributed by atoms with Gasteiger partial charge in [-0.2, -0.15) is 0 Å². The molecule has 0 bridgehead atoms. The van der Waals surface area contributed by atoms with E-state index in [9.17, 15) is 9.59 Å². The van der Waals surface area contributed by atoms with Crippen LogP contribution >= 0.6 is 0 Å². The molecule has 1 aliphatic rings. The van der Waals surface area contributed by atoms with E-state index in [4.69, 9.17) is 14.2 Å². The fraction of sp³-hybridized carbons (Fsp3) is 0.333. The molecule has 2 aromatic rings. The predicted octanol–water partition coefficient (Wildman–Crippen LogP) is 2.98. The normalized spacial score (nSPS) is 13.7. The first-order valence-corrected chi connectivity index (χ1v) is 9.18. The highest BCUT2D eigenvalue weighted by molar-refractivity contribution is 5.85. The van der Waals surface area contributed by atoms with Gasteiger partial charge < -0.3 is 19.1 Å². The van der Waals surface area contributed by atoms with Gasteiger partial charge in [0.05, 0.1) is 13.2 Å². The number of carbonyl (C=O) groups is 2. The number of hydrogen-bond donors (Lipinski definition) is 1. The standard InChI is InChI=1S/C21H24N2O5/c1-16-13-18(27-15-20(24)23-9-11-26-12-10-23)7-8-19(16)22-21(25)28-14-17-5-3-2-4-6-17/h2-8,13H,9-12,14-15H2,1H3,(H,22,25). The Labute approximate surface area is 164 Å². The molecule has 3 rings (SSSR count). The number of anilines is 1. The molecule has 7 heteroatoms. The zero-order chi connectivity index (χ0) is 19.8. The molecule has 1 fully saturated rings. The molecule has 1 saturated heterocycles. The van der Waals surface area contributed by atoms with Crippen molar-refractivity contribution in [3.05, 3.63) is 59.7 Å². The average molecular weight is 384 g/mol. The van der Waals surface area contributed by atoms with E-state index in [1.807, 2.05) is 37.3 Å². The van der Waals surface area contributed by atoms with Crippen molar-refractivity contribution in [3.8, 4) is 5.75 Å². The van der Waals surface area contributed by atoms with Crippen LogP contribution in [0.2, 0.25) is 0 Å². The zero-order valence-electron chi connectivity index (χ0n) is 15.8. The minimum atomic E-state index is -0.525. The van der Waals surface area contributed by atoms with Gasteiger partial charge in [-0.15, -0.1) is 0 Å². The number of amides is 2. The van der Waals surface area contributed by atoms with Crippen LogP contribution in [0.4, 0.5) is 10.5 Å². The summed E-state index contributed by atoms with van der Waals surface area (Å²) in [6.07, 6.45) is -0.525. The van der Waals surface area contributed by atoms with E-state index in [0.29, 0.717) is 37.7 Å². The summed E-state index contributed by atoms with van der Waals surface area (Å²) in [4.78, 5) is 25.8. The summed E-state index contributed by atoms with van der Waals surface area (Å²) in [7, 11) is 0. The van der Waals surface area contributed by atoms with Gasteiger partial charge in [-0.3, -0.25) is 10.1 Å². The van der Waals surface area contributed by atoms with Crippen LogP contribution in [0.5, 0.6) is 5.75 Å². The van der Waals surface area contributed by atoms with E-state index in [1.165, 1.54) is 0 Å². The number of carbonyl (C=O) groups excluding carboxylic acids is 2. The third-order valence-corrected chi connectivity index (χ3v) is 4.37. The Bertz CT molecular complexity index is 804. The highest BCUT2D eigenvalue weighted by atomic mass is 16.5. The molecule has 28 heavy (non-hydrogen) atoms. The Hall–Kier alpha value is -3.06. The third kappa shape index (κ3) is 5.72. The van der Waals surface area contributed by atoms with E-state index < -0.39 is 6.09 Å². The molecular weight excluding hydrogens is 360 g/mol. The zero-order valence-corrected chi connectivity index (χ0v) is 15.8. The second-order valence-electron chi connectivity index (χ2n) is 6.45. The largest absolute Gasteiger partial charge is 0.484 e. The molecule has 0 radical (unpaired) electrons. The minimum absolute atomic E-state index is 0.0225. The smallest absolute Gasteiger partial charge is 0.411 e. The van der Waals surface area contributed by atoms with Crippen molar-refractivity contribution >= 4 is 17.7 Å². The fourth-order valence-electron chi connectivity index (χ4n) is 2.78. The number of benzene rings is 2. The van der Waals surface area contributed by atoms with Gasteiger partial charge in [0.1, 0.15) is 12.4 Å². The Kier molecular flexibility index (Phi) is 6.86. The molecule has 0 saturated carbocycles. The van der Waals surface area contributed by atoms with Gasteiger partial charge in [0.15, 0.2) is 6.61 Å². The van der Waals surface area contributed by atoms with Crippen molar-refractivity contribution in [1.82, 2.24) is 4.90 Å². The lowest BCUT2D eigenvalue weighted by atomic mass is 10.2. The van der Waals surface area contributed by atoms with Gasteiger partial charge in [0, 0.05) is 18.8 Å². The summed E-state index contributed by atoms with van der Waals surface area (Å²) in [5, 5.41) is 2.72. The van der Waals surface area contributed by atoms with Crippen LogP contribution in [0.1, 0.15) is 11.1 Å². The second kappa shape index (κ2) is 9.75. The molecule has 0 atom stereocenters. The number of ether oxygens (including phenoxy) is 3. The molecule has 2 amide bonds. The van der Waals surface area contributed by atoms with E-state index in [0.717, 1.165) is 11.1 Å². The number of hydrogen-bond acceptors (Lipinski definition) is 5. The quantitative estimate of drug-likeness (QED) is 0.829. The molecule has 7 nitrogen and oxygen atoms in total. The molecule has 2 aromatic carbocycles. The molecule has 148 valence electrons. The van der Waals surface area contributed by atoms with Crippen LogP contribution in [-0.2, 0) is 20.9 Å². The van der Waals surface area contributed by atoms with Gasteiger partial charge in [-0.1, -0.05) is 30.3 Å². The van der Waals surface area contributed by atoms with Crippen LogP contribution in [-0.4, -0.2) is 49.8 Å². The van der Waals surface area contributed by atoms with Crippen LogP contribution < -0.4 is 10.1 Å². The second-order valence-corrected chi connectivity index (χ2v) is 6.45. The first-order valence-electron chi connectivity index (χ1n) is 9.18. The van der Waals surface area contributed by atoms with Crippen molar-refractivity contribution in [2.45, 2.75) is 13.5 Å². The summed E-state index contributed by atoms with van der Waals surface area (Å²) in [5.41, 5.74) is 2.36. The van der Waals surface area contributed by atoms with Gasteiger partial charge in [-0.25, -0.2) is 4.79 Å². The van der Waals surface area contributed by atoms with E-state index >= 15 is 0 Å². The van der Waals surface area contributed by atoms with Crippen molar-refractivity contribution in [2.75, 3.05) is 38.2 Å². The highest BCUT2D eigenvalue weighted by Gasteiger charge is 2.17. The van der Waals surface area contributed by atoms with Crippen LogP contribution in [0.15, 0.2) is 48.5 Å². The Morgan fingerprint density at radius 3 is 2.57 bits per heavy atom. The van der Waals surface area contributed by atoms with Crippen molar-refractivity contribution in [2.24, 2.45) is 0 Å². The fourth-order valence-corrected chi connectivity index (χ4v) is 2.78. The molecule has 0 unspecified atom stereocenters. The van der Waals surface area contributed by atoms with Crippen LogP contribution in [0, 0.1) is 6.92 Å². The summed E-state index contributed by atoms with van der Waals surface area (Å²) in [6, 6.07) is 14.7. The first-order chi connectivity index (χ1) is 13.6. The Balaban J connectivity index is 1.47. The molecule has 0 aliphatic carbocycles. The maximum absolute atomic E-state index is 12.1. The molecule has 1 N–H and O–H groups in total. The average Bonchev–Trinajstić information content (AvgIpc) is 2.73. The molecular formula is C21H24N2O5. The number of aryl methyl sites for hydroxylation is 1. The molecule has 1 aliphatic heterocycles. The van der Waals surface area contributed by atoms with Crippen LogP contribution in [0.25, 0.3) is 0 Å². The van der Waals surface area contributed by atoms with E-state index in [2.05, 4.69) is 5.32 Å². The van der Waals surface area contributed by atoms with Gasteiger partial charge in [0.25, 0.3) is 5.91 Å². The number of morpholine rings is 1. The monoisotopic (exact) mass is 384 g/mol. The molecule has 0 spiro atoms. The lowest BCUT2D eigenvalue weighted by molar-refractivity contribution is -0.137. The van der Waals surface area contributed by atoms with Gasteiger partial charge in [0.2, 0.25) is 0 Å². The minimum Gasteiger partial charge on any atom is -0.484 e. The summed E-state index contributed by atoms with van der Waals surface area (Å²) in [6.45, 7) is 4.34. The molecule has 0 aromatic heterocycles. The summed E-state index contributed by atoms with van der Waals surface area (Å²) in [5.74, 6) is 0.509. The lowest BCUT2D eigenvalue weighted by Crippen LogP contribution is -2.42. The van der Waals surface area contributed by atoms with Gasteiger partial charge >= 0.3 is 6.09 Å². The van der Waals surface area contributed by atoms with Crippen molar-refractivity contribution in [1.29, 1.82) is 0 Å². The topological polar surface area (TPSA) is 77.1 Å². The summed E-state index contributed by atoms with van der Waals surface area (Å²) < 4.78 is 16.0. The number of nitrogens with zero attached hydrogens (tertiary/aromatic N) is 1. The third-order valence-electron chi connectivity index (χ3n) is 4.37. The van der Waals surface area contributed by atoms with E-state index in [1.54, 1.807) is 23.1 Å². The highest BCUT2D eigenvalue weighted by Crippen LogP contribution is 2.22. The maximum Gasteiger partial charge on any atom is 0.411 e. The number of nitrogens with one attached hydrogen (secondary N) is 1. The predicted molar refractivity (Wildman–Crippen MR) is 104 cm³/mol. The maximum atomic E-state index is 12.1. The molecule has 1 heterocycles. The lowest BCUT2D eigenvalue weighted by Gasteiger charge is -2.26. The van der Waals surface area contributed by atoms with Crippen molar-refractivity contribution in [3.63, 3.8) is 0 Å². The van der Waals surface area contributed by atoms with E-state index in [-0.39, 0.29) is 19.1 Å². The summed E-state index contributed by atoms with van der Waals surface area (Å²) >= 11 is 0. The van der Waals surface area contributed by atoms with Crippen LogP contribution in [0.3, 0.4) is 0 Å². The SMILES string of the molecule is Cc1cc(OCC(=O)N2CCOCC2)ccc1NC(=O)OCc1ccccc1. The van der Waals surface area contributed by atoms with Gasteiger partial charge in [-0.05, 0) is 36.2 Å². The first kappa shape index (κ1) is 19.7. The Morgan fingerprint density at radius 2 is 1.86 bits per heavy atom.